The van der Waals surface area contributed by atoms with E-state index in [9.17, 15) is 18.0 Å². The van der Waals surface area contributed by atoms with Crippen LogP contribution in [-0.4, -0.2) is 18.1 Å². The number of carbonyl (C=O) groups is 1. The van der Waals surface area contributed by atoms with Crippen LogP contribution in [0.1, 0.15) is 23.2 Å². The highest BCUT2D eigenvalue weighted by atomic mass is 19.3. The summed E-state index contributed by atoms with van der Waals surface area (Å²) in [4.78, 5) is 14.3. The van der Waals surface area contributed by atoms with Gasteiger partial charge in [0.05, 0.1) is 24.8 Å². The first kappa shape index (κ1) is 13.0. The van der Waals surface area contributed by atoms with E-state index >= 15 is 0 Å². The fourth-order valence-electron chi connectivity index (χ4n) is 1.15. The van der Waals surface area contributed by atoms with Gasteiger partial charge in [-0.15, -0.1) is 0 Å². The minimum atomic E-state index is -3.00. The van der Waals surface area contributed by atoms with Crippen LogP contribution in [0.25, 0.3) is 0 Å². The maximum absolute atomic E-state index is 13.6. The van der Waals surface area contributed by atoms with E-state index < -0.39 is 41.5 Å². The van der Waals surface area contributed by atoms with Crippen molar-refractivity contribution in [2.75, 3.05) is 7.11 Å². The zero-order valence-corrected chi connectivity index (χ0v) is 8.71. The molecule has 1 aromatic heterocycles. The largest absolute Gasteiger partial charge is 0.469 e. The molecule has 1 heterocycles. The predicted octanol–water partition coefficient (Wildman–Crippen LogP) is 1.75. The van der Waals surface area contributed by atoms with Crippen LogP contribution in [-0.2, 0) is 16.0 Å². The van der Waals surface area contributed by atoms with Crippen LogP contribution < -0.4 is 0 Å². The molecular weight excluding hydrogens is 237 g/mol. The number of hydrogen-bond acceptors (Lipinski definition) is 4. The van der Waals surface area contributed by atoms with Crippen LogP contribution in [0.3, 0.4) is 0 Å². The third-order valence-corrected chi connectivity index (χ3v) is 2.01. The zero-order valence-electron chi connectivity index (χ0n) is 8.71. The summed E-state index contributed by atoms with van der Waals surface area (Å²) in [6, 6.07) is 1.33. The first-order valence-electron chi connectivity index (χ1n) is 4.43. The first-order valence-corrected chi connectivity index (χ1v) is 4.43. The van der Waals surface area contributed by atoms with Crippen molar-refractivity contribution < 1.29 is 22.7 Å². The zero-order chi connectivity index (χ0) is 13.0. The molecule has 0 fully saturated rings. The average Bonchev–Trinajstić information content (AvgIpc) is 2.30. The molecule has 0 aromatic carbocycles. The Bertz CT molecular complexity index is 483. The summed E-state index contributed by atoms with van der Waals surface area (Å²) in [7, 11) is 1.10. The smallest absolute Gasteiger partial charge is 0.311 e. The number of rotatable bonds is 3. The normalized spacial score (nSPS) is 10.1. The number of carbonyl (C=O) groups excluding carboxylic acids is 1. The van der Waals surface area contributed by atoms with E-state index in [0.717, 1.165) is 7.11 Å². The van der Waals surface area contributed by atoms with Crippen LogP contribution in [0, 0.1) is 17.1 Å². The molecule has 90 valence electrons. The van der Waals surface area contributed by atoms with Gasteiger partial charge >= 0.3 is 5.97 Å². The summed E-state index contributed by atoms with van der Waals surface area (Å²) in [5.74, 6) is -1.99. The molecule has 4 nitrogen and oxygen atoms in total. The van der Waals surface area contributed by atoms with Crippen molar-refractivity contribution in [3.8, 4) is 6.07 Å². The molecule has 0 bridgehead atoms. The number of pyridine rings is 1. The Labute approximate surface area is 94.6 Å². The highest BCUT2D eigenvalue weighted by Crippen LogP contribution is 2.25. The topological polar surface area (TPSA) is 63.0 Å². The Morgan fingerprint density at radius 3 is 2.76 bits per heavy atom. The van der Waals surface area contributed by atoms with Crippen molar-refractivity contribution in [2.24, 2.45) is 0 Å². The summed E-state index contributed by atoms with van der Waals surface area (Å²) >= 11 is 0. The molecule has 0 radical (unpaired) electrons. The molecule has 0 unspecified atom stereocenters. The second-order valence-electron chi connectivity index (χ2n) is 3.01. The predicted molar refractivity (Wildman–Crippen MR) is 49.6 cm³/mol. The number of methoxy groups -OCH3 is 1. The lowest BCUT2D eigenvalue weighted by Crippen LogP contribution is -2.10. The van der Waals surface area contributed by atoms with Gasteiger partial charge in [-0.2, -0.15) is 5.26 Å². The quantitative estimate of drug-likeness (QED) is 0.760. The Morgan fingerprint density at radius 1 is 1.65 bits per heavy atom. The summed E-state index contributed by atoms with van der Waals surface area (Å²) in [6.07, 6.45) is -2.83. The number of nitrogens with zero attached hydrogens (tertiary/aromatic N) is 2. The van der Waals surface area contributed by atoms with Crippen molar-refractivity contribution in [1.29, 1.82) is 5.26 Å². The van der Waals surface area contributed by atoms with Crippen LogP contribution in [0.2, 0.25) is 0 Å². The number of hydrogen-bond donors (Lipinski definition) is 0. The van der Waals surface area contributed by atoms with E-state index in [1.165, 1.54) is 6.07 Å². The van der Waals surface area contributed by atoms with Crippen molar-refractivity contribution in [2.45, 2.75) is 12.8 Å². The second kappa shape index (κ2) is 5.30. The minimum absolute atomic E-state index is 0.391. The molecular formula is C10H7F3N2O2. The standard InChI is InChI=1S/C10H7F3N2O2/c1-17-8(16)2-7-9(11)5(3-14)6(4-15-7)10(12)13/h4,10H,2H2,1H3. The molecule has 0 saturated heterocycles. The van der Waals surface area contributed by atoms with E-state index in [4.69, 9.17) is 5.26 Å². The highest BCUT2D eigenvalue weighted by Gasteiger charge is 2.21. The molecule has 0 saturated carbocycles. The monoisotopic (exact) mass is 244 g/mol. The first-order chi connectivity index (χ1) is 8.01. The molecule has 0 aliphatic carbocycles. The van der Waals surface area contributed by atoms with Gasteiger partial charge in [0.1, 0.15) is 11.6 Å². The van der Waals surface area contributed by atoms with E-state index in [0.29, 0.717) is 6.20 Å². The molecule has 7 heteroatoms. The highest BCUT2D eigenvalue weighted by molar-refractivity contribution is 5.72. The van der Waals surface area contributed by atoms with Gasteiger partial charge in [-0.3, -0.25) is 9.78 Å². The van der Waals surface area contributed by atoms with Gasteiger partial charge in [0.15, 0.2) is 5.82 Å². The summed E-state index contributed by atoms with van der Waals surface area (Å²) < 4.78 is 42.7. The van der Waals surface area contributed by atoms with Crippen molar-refractivity contribution in [3.05, 3.63) is 28.8 Å². The molecule has 0 aliphatic heterocycles. The van der Waals surface area contributed by atoms with Crippen LogP contribution >= 0.6 is 0 Å². The fourth-order valence-corrected chi connectivity index (χ4v) is 1.15. The number of ether oxygens (including phenoxy) is 1. The third-order valence-electron chi connectivity index (χ3n) is 2.01. The molecule has 17 heavy (non-hydrogen) atoms. The third kappa shape index (κ3) is 2.72. The van der Waals surface area contributed by atoms with E-state index in [-0.39, 0.29) is 0 Å². The molecule has 0 aliphatic rings. The molecule has 0 atom stereocenters. The van der Waals surface area contributed by atoms with Gasteiger partial charge in [-0.25, -0.2) is 13.2 Å². The number of esters is 1. The number of halogens is 3. The van der Waals surface area contributed by atoms with Crippen LogP contribution in [0.5, 0.6) is 0 Å². The second-order valence-corrected chi connectivity index (χ2v) is 3.01. The van der Waals surface area contributed by atoms with E-state index in [2.05, 4.69) is 9.72 Å². The maximum atomic E-state index is 13.6. The van der Waals surface area contributed by atoms with Gasteiger partial charge in [0.25, 0.3) is 6.43 Å². The summed E-state index contributed by atoms with van der Waals surface area (Å²) in [6.45, 7) is 0. The van der Waals surface area contributed by atoms with Gasteiger partial charge < -0.3 is 4.74 Å². The summed E-state index contributed by atoms with van der Waals surface area (Å²) in [5, 5.41) is 8.60. The van der Waals surface area contributed by atoms with Crippen molar-refractivity contribution in [3.63, 3.8) is 0 Å². The van der Waals surface area contributed by atoms with Crippen molar-refractivity contribution >= 4 is 5.97 Å². The van der Waals surface area contributed by atoms with Crippen molar-refractivity contribution in [1.82, 2.24) is 4.98 Å². The minimum Gasteiger partial charge on any atom is -0.469 e. The van der Waals surface area contributed by atoms with Gasteiger partial charge in [0.2, 0.25) is 0 Å². The molecule has 0 amide bonds. The van der Waals surface area contributed by atoms with E-state index in [1.807, 2.05) is 0 Å². The van der Waals surface area contributed by atoms with Crippen LogP contribution in [0.4, 0.5) is 13.2 Å². The van der Waals surface area contributed by atoms with E-state index in [1.54, 1.807) is 0 Å². The lowest BCUT2D eigenvalue weighted by atomic mass is 10.1. The van der Waals surface area contributed by atoms with Crippen LogP contribution in [0.15, 0.2) is 6.20 Å². The molecule has 1 aromatic rings. The molecule has 0 N–H and O–H groups in total. The fraction of sp³-hybridized carbons (Fsp3) is 0.300. The number of nitriles is 1. The lowest BCUT2D eigenvalue weighted by Gasteiger charge is -2.06. The van der Waals surface area contributed by atoms with Gasteiger partial charge in [-0.05, 0) is 0 Å². The Balaban J connectivity index is 3.21. The SMILES string of the molecule is COC(=O)Cc1ncc(C(F)F)c(C#N)c1F. The molecule has 1 rings (SSSR count). The Morgan fingerprint density at radius 2 is 2.29 bits per heavy atom. The lowest BCUT2D eigenvalue weighted by molar-refractivity contribution is -0.139. The van der Waals surface area contributed by atoms with Gasteiger partial charge in [-0.1, -0.05) is 0 Å². The van der Waals surface area contributed by atoms with Gasteiger partial charge in [0, 0.05) is 6.20 Å². The Kier molecular flexibility index (Phi) is 4.04. The number of aromatic nitrogens is 1. The molecule has 0 spiro atoms. The number of alkyl halides is 2. The average molecular weight is 244 g/mol. The summed E-state index contributed by atoms with van der Waals surface area (Å²) in [5.41, 5.74) is -1.98. The Hall–Kier alpha value is -2.10. The maximum Gasteiger partial charge on any atom is 0.311 e.